The van der Waals surface area contributed by atoms with E-state index in [0.717, 1.165) is 67.3 Å². The molecule has 0 aromatic heterocycles. The second kappa shape index (κ2) is 12.6. The maximum Gasteiger partial charge on any atom is 0.127 e. The van der Waals surface area contributed by atoms with E-state index in [9.17, 15) is 0 Å². The van der Waals surface area contributed by atoms with Gasteiger partial charge in [0.25, 0.3) is 0 Å². The molecule has 0 aliphatic heterocycles. The summed E-state index contributed by atoms with van der Waals surface area (Å²) in [6.07, 6.45) is 4.36. The Bertz CT molecular complexity index is 654. The monoisotopic (exact) mass is 356 g/mol. The van der Waals surface area contributed by atoms with Crippen LogP contribution < -0.4 is 14.2 Å². The van der Waals surface area contributed by atoms with E-state index in [1.165, 1.54) is 0 Å². The van der Waals surface area contributed by atoms with Crippen molar-refractivity contribution < 1.29 is 14.2 Å². The lowest BCUT2D eigenvalue weighted by atomic mass is 10.0. The number of nitrogens with zero attached hydrogens (tertiary/aromatic N) is 2. The highest BCUT2D eigenvalue weighted by Crippen LogP contribution is 2.34. The van der Waals surface area contributed by atoms with Crippen molar-refractivity contribution in [3.8, 4) is 28.4 Å². The standard InChI is InChI=1S/C21H28O3.N2/c1-4-6-14-23-19-12-13-21(24-15-7-5-2)20(16-19)17-8-10-18(22-3)11-9-17;1-2/h8-13,16H,4-7,14-15H2,1-3H3;. The summed E-state index contributed by atoms with van der Waals surface area (Å²) < 4.78 is 17.1. The molecule has 0 N–H and O–H groups in total. The minimum Gasteiger partial charge on any atom is -0.497 e. The zero-order valence-electron chi connectivity index (χ0n) is 15.9. The molecule has 0 aliphatic carbocycles. The molecule has 2 rings (SSSR count). The fourth-order valence-electron chi connectivity index (χ4n) is 2.38. The van der Waals surface area contributed by atoms with Crippen molar-refractivity contribution in [3.63, 3.8) is 0 Å². The van der Waals surface area contributed by atoms with Crippen molar-refractivity contribution in [2.45, 2.75) is 39.5 Å². The van der Waals surface area contributed by atoms with E-state index in [1.54, 1.807) is 7.11 Å². The van der Waals surface area contributed by atoms with Crippen LogP contribution in [0.5, 0.6) is 17.2 Å². The molecule has 5 nitrogen and oxygen atoms in total. The predicted octanol–water partition coefficient (Wildman–Crippen LogP) is 5.75. The van der Waals surface area contributed by atoms with Gasteiger partial charge in [-0.05, 0) is 48.7 Å². The van der Waals surface area contributed by atoms with Crippen molar-refractivity contribution in [1.82, 2.24) is 0 Å². The molecule has 0 aliphatic rings. The number of methoxy groups -OCH3 is 1. The molecule has 26 heavy (non-hydrogen) atoms. The van der Waals surface area contributed by atoms with E-state index in [0.29, 0.717) is 0 Å². The summed E-state index contributed by atoms with van der Waals surface area (Å²) in [5.74, 6) is 2.64. The summed E-state index contributed by atoms with van der Waals surface area (Å²) in [5, 5.41) is 12.0. The van der Waals surface area contributed by atoms with Gasteiger partial charge in [0.15, 0.2) is 0 Å². The third-order valence-corrected chi connectivity index (χ3v) is 3.87. The third kappa shape index (κ3) is 6.64. The van der Waals surface area contributed by atoms with E-state index in [2.05, 4.69) is 32.0 Å². The molecule has 0 saturated carbocycles. The Labute approximate surface area is 156 Å². The topological polar surface area (TPSA) is 75.3 Å². The van der Waals surface area contributed by atoms with Gasteiger partial charge in [-0.15, -0.1) is 0 Å². The Kier molecular flexibility index (Phi) is 10.3. The molecule has 140 valence electrons. The van der Waals surface area contributed by atoms with Crippen LogP contribution in [-0.4, -0.2) is 20.3 Å². The van der Waals surface area contributed by atoms with Crippen LogP contribution >= 0.6 is 0 Å². The minimum absolute atomic E-state index is 0.732. The maximum absolute atomic E-state index is 6.00. The first-order valence-corrected chi connectivity index (χ1v) is 9.02. The average molecular weight is 356 g/mol. The van der Waals surface area contributed by atoms with Crippen LogP contribution in [0.3, 0.4) is 0 Å². The number of rotatable bonds is 10. The molecule has 0 saturated heterocycles. The number of hydrogen-bond acceptors (Lipinski definition) is 5. The first-order chi connectivity index (χ1) is 12.8. The lowest BCUT2D eigenvalue weighted by Gasteiger charge is -2.14. The van der Waals surface area contributed by atoms with Crippen LogP contribution in [0.15, 0.2) is 42.5 Å². The molecular formula is C21H28N2O3. The molecule has 0 bridgehead atoms. The van der Waals surface area contributed by atoms with Gasteiger partial charge in [-0.1, -0.05) is 38.8 Å². The summed E-state index contributed by atoms with van der Waals surface area (Å²) in [5.41, 5.74) is 2.16. The third-order valence-electron chi connectivity index (χ3n) is 3.87. The molecule has 2 aromatic carbocycles. The highest BCUT2D eigenvalue weighted by molar-refractivity contribution is 5.72. The number of hydrogen-bond donors (Lipinski definition) is 0. The van der Waals surface area contributed by atoms with E-state index in [4.69, 9.17) is 25.0 Å². The van der Waals surface area contributed by atoms with Crippen LogP contribution in [0.1, 0.15) is 39.5 Å². The zero-order valence-corrected chi connectivity index (χ0v) is 15.9. The van der Waals surface area contributed by atoms with Gasteiger partial charge in [0.1, 0.15) is 17.2 Å². The molecule has 0 unspecified atom stereocenters. The Balaban J connectivity index is 0.00000163. The number of unbranched alkanes of at least 4 members (excludes halogenated alkanes) is 2. The second-order valence-electron chi connectivity index (χ2n) is 5.79. The molecule has 0 amide bonds. The summed E-state index contributed by atoms with van der Waals surface area (Å²) in [6, 6.07) is 14.1. The summed E-state index contributed by atoms with van der Waals surface area (Å²) >= 11 is 0. The Morgan fingerprint density at radius 3 is 1.92 bits per heavy atom. The van der Waals surface area contributed by atoms with E-state index in [-0.39, 0.29) is 0 Å². The van der Waals surface area contributed by atoms with E-state index < -0.39 is 0 Å². The maximum atomic E-state index is 6.00. The van der Waals surface area contributed by atoms with Crippen molar-refractivity contribution >= 4 is 0 Å². The lowest BCUT2D eigenvalue weighted by molar-refractivity contribution is 0.302. The van der Waals surface area contributed by atoms with Gasteiger partial charge in [-0.25, -0.2) is 0 Å². The van der Waals surface area contributed by atoms with Crippen LogP contribution in [0, 0.1) is 10.8 Å². The normalized spacial score (nSPS) is 9.73. The van der Waals surface area contributed by atoms with Gasteiger partial charge in [-0.3, -0.25) is 0 Å². The van der Waals surface area contributed by atoms with Crippen molar-refractivity contribution in [2.24, 2.45) is 0 Å². The molecule has 0 spiro atoms. The zero-order chi connectivity index (χ0) is 19.2. The molecule has 0 heterocycles. The van der Waals surface area contributed by atoms with E-state index >= 15 is 0 Å². The number of ether oxygens (including phenoxy) is 3. The lowest BCUT2D eigenvalue weighted by Crippen LogP contribution is -2.00. The van der Waals surface area contributed by atoms with Crippen LogP contribution in [-0.2, 0) is 0 Å². The number of benzene rings is 2. The van der Waals surface area contributed by atoms with Gasteiger partial charge in [-0.2, -0.15) is 0 Å². The Morgan fingerprint density at radius 1 is 0.769 bits per heavy atom. The SMILES string of the molecule is CCCCOc1ccc(OCCCC)c(-c2ccc(OC)cc2)c1.N#N. The molecular weight excluding hydrogens is 328 g/mol. The van der Waals surface area contributed by atoms with Gasteiger partial charge in [0.05, 0.1) is 20.3 Å². The Morgan fingerprint density at radius 2 is 1.35 bits per heavy atom. The quantitative estimate of drug-likeness (QED) is 0.400. The van der Waals surface area contributed by atoms with Crippen molar-refractivity contribution in [1.29, 1.82) is 10.8 Å². The molecule has 0 radical (unpaired) electrons. The van der Waals surface area contributed by atoms with Crippen molar-refractivity contribution in [2.75, 3.05) is 20.3 Å². The minimum atomic E-state index is 0.732. The Hall–Kier alpha value is -2.74. The largest absolute Gasteiger partial charge is 0.497 e. The molecule has 0 atom stereocenters. The fraction of sp³-hybridized carbons (Fsp3) is 0.429. The van der Waals surface area contributed by atoms with Crippen LogP contribution in [0.2, 0.25) is 0 Å². The molecule has 0 fully saturated rings. The van der Waals surface area contributed by atoms with Crippen LogP contribution in [0.4, 0.5) is 0 Å². The van der Waals surface area contributed by atoms with Gasteiger partial charge < -0.3 is 14.2 Å². The van der Waals surface area contributed by atoms with Gasteiger partial charge >= 0.3 is 0 Å². The first kappa shape index (κ1) is 21.3. The highest BCUT2D eigenvalue weighted by Gasteiger charge is 2.09. The smallest absolute Gasteiger partial charge is 0.127 e. The summed E-state index contributed by atoms with van der Waals surface area (Å²) in [6.45, 7) is 5.81. The fourth-order valence-corrected chi connectivity index (χ4v) is 2.38. The average Bonchev–Trinajstić information content (AvgIpc) is 2.71. The summed E-state index contributed by atoms with van der Waals surface area (Å²) in [7, 11) is 1.68. The highest BCUT2D eigenvalue weighted by atomic mass is 16.5. The molecule has 2 aromatic rings. The molecule has 5 heteroatoms. The van der Waals surface area contributed by atoms with Gasteiger partial charge in [0.2, 0.25) is 0 Å². The predicted molar refractivity (Wildman–Crippen MR) is 103 cm³/mol. The summed E-state index contributed by atoms with van der Waals surface area (Å²) in [4.78, 5) is 0. The second-order valence-corrected chi connectivity index (χ2v) is 5.79. The van der Waals surface area contributed by atoms with Crippen LogP contribution in [0.25, 0.3) is 11.1 Å². The van der Waals surface area contributed by atoms with Crippen molar-refractivity contribution in [3.05, 3.63) is 42.5 Å². The first-order valence-electron chi connectivity index (χ1n) is 9.02. The van der Waals surface area contributed by atoms with E-state index in [1.807, 2.05) is 24.3 Å². The van der Waals surface area contributed by atoms with Gasteiger partial charge in [0, 0.05) is 16.3 Å².